The monoisotopic (exact) mass is 494 g/mol. The second kappa shape index (κ2) is 10.5. The average molecular weight is 495 g/mol. The average Bonchev–Trinajstić information content (AvgIpc) is 3.55. The zero-order chi connectivity index (χ0) is 25.1. The molecule has 2 aliphatic heterocycles. The summed E-state index contributed by atoms with van der Waals surface area (Å²) in [5.74, 6) is 3.32. The maximum Gasteiger partial charge on any atom is 0.276 e. The first kappa shape index (κ1) is 24.1. The van der Waals surface area contributed by atoms with Crippen molar-refractivity contribution in [3.8, 4) is 0 Å². The van der Waals surface area contributed by atoms with Crippen LogP contribution in [0.2, 0.25) is 0 Å². The summed E-state index contributed by atoms with van der Waals surface area (Å²) in [6, 6.07) is 0. The van der Waals surface area contributed by atoms with Crippen LogP contribution in [0.25, 0.3) is 16.6 Å². The maximum atomic E-state index is 11.9. The molecule has 6 rings (SSSR count). The fourth-order valence-electron chi connectivity index (χ4n) is 4.40. The molecule has 12 nitrogen and oxygen atoms in total. The predicted molar refractivity (Wildman–Crippen MR) is 132 cm³/mol. The molecule has 6 heterocycles. The summed E-state index contributed by atoms with van der Waals surface area (Å²) in [6.07, 6.45) is 9.24. The molecule has 36 heavy (non-hydrogen) atoms. The predicted octanol–water partition coefficient (Wildman–Crippen LogP) is 1.66. The first-order valence-electron chi connectivity index (χ1n) is 12.4. The van der Waals surface area contributed by atoms with E-state index in [0.717, 1.165) is 49.7 Å². The van der Waals surface area contributed by atoms with Crippen LogP contribution in [0.15, 0.2) is 28.1 Å². The van der Waals surface area contributed by atoms with Crippen molar-refractivity contribution in [1.82, 2.24) is 39.2 Å². The minimum atomic E-state index is -0.145. The van der Waals surface area contributed by atoms with E-state index in [1.807, 2.05) is 19.9 Å². The smallest absolute Gasteiger partial charge is 0.276 e. The van der Waals surface area contributed by atoms with Crippen molar-refractivity contribution in [3.05, 3.63) is 62.5 Å². The second-order valence-corrected chi connectivity index (χ2v) is 8.74. The molecular formula is C24H30N8O4. The zero-order valence-corrected chi connectivity index (χ0v) is 20.5. The topological polar surface area (TPSA) is 145 Å². The number of aromatic nitrogens is 8. The quantitative estimate of drug-likeness (QED) is 0.436. The van der Waals surface area contributed by atoms with E-state index in [-0.39, 0.29) is 11.1 Å². The van der Waals surface area contributed by atoms with Gasteiger partial charge in [0.2, 0.25) is 0 Å². The molecule has 12 heteroatoms. The minimum Gasteiger partial charge on any atom is -0.381 e. The van der Waals surface area contributed by atoms with E-state index in [9.17, 15) is 9.59 Å². The molecule has 0 radical (unpaired) electrons. The third-order valence-electron chi connectivity index (χ3n) is 6.43. The van der Waals surface area contributed by atoms with Crippen molar-refractivity contribution in [2.45, 2.75) is 51.9 Å². The molecule has 0 bridgehead atoms. The number of nitrogens with zero attached hydrogens (tertiary/aromatic N) is 6. The van der Waals surface area contributed by atoms with Gasteiger partial charge in [0.1, 0.15) is 17.5 Å². The van der Waals surface area contributed by atoms with E-state index in [1.54, 1.807) is 21.4 Å². The number of aromatic amines is 2. The van der Waals surface area contributed by atoms with Crippen LogP contribution in [0.1, 0.15) is 62.3 Å². The first-order valence-corrected chi connectivity index (χ1v) is 12.4. The van der Waals surface area contributed by atoms with Gasteiger partial charge in [-0.1, -0.05) is 19.9 Å². The van der Waals surface area contributed by atoms with E-state index in [4.69, 9.17) is 9.47 Å². The fraction of sp³-hybridized carbons (Fsp3) is 0.500. The standard InChI is InChI=1S/C12H16N4O2.C12H14N4O2/c2*1-2-10-14-12(17)9-7-13-11(16(9)15-10)8-3-5-18-6-4-8/h7-8H,2-6H2,1H3,(H,14,15,17);3,7H,2,4-6H2,1H3,(H,14,15,17). The Kier molecular flexibility index (Phi) is 7.05. The van der Waals surface area contributed by atoms with E-state index in [2.05, 4.69) is 30.1 Å². The van der Waals surface area contributed by atoms with Crippen LogP contribution >= 0.6 is 0 Å². The van der Waals surface area contributed by atoms with Gasteiger partial charge >= 0.3 is 0 Å². The first-order chi connectivity index (χ1) is 17.6. The van der Waals surface area contributed by atoms with Crippen molar-refractivity contribution in [3.63, 3.8) is 0 Å². The molecule has 1 saturated heterocycles. The molecule has 1 fully saturated rings. The van der Waals surface area contributed by atoms with Gasteiger partial charge in [-0.2, -0.15) is 10.2 Å². The highest BCUT2D eigenvalue weighted by atomic mass is 16.5. The molecule has 190 valence electrons. The van der Waals surface area contributed by atoms with Crippen molar-refractivity contribution < 1.29 is 9.47 Å². The van der Waals surface area contributed by atoms with E-state index < -0.39 is 0 Å². The Morgan fingerprint density at radius 1 is 0.889 bits per heavy atom. The van der Waals surface area contributed by atoms with Crippen molar-refractivity contribution in [2.24, 2.45) is 0 Å². The van der Waals surface area contributed by atoms with Crippen LogP contribution in [-0.4, -0.2) is 65.6 Å². The van der Waals surface area contributed by atoms with Crippen LogP contribution in [0.4, 0.5) is 0 Å². The summed E-state index contributed by atoms with van der Waals surface area (Å²) in [7, 11) is 0. The Bertz CT molecular complexity index is 1510. The van der Waals surface area contributed by atoms with Gasteiger partial charge in [-0.15, -0.1) is 0 Å². The summed E-state index contributed by atoms with van der Waals surface area (Å²) in [4.78, 5) is 37.9. The Morgan fingerprint density at radius 2 is 1.53 bits per heavy atom. The van der Waals surface area contributed by atoms with Crippen molar-refractivity contribution in [1.29, 1.82) is 0 Å². The fourth-order valence-corrected chi connectivity index (χ4v) is 4.40. The lowest BCUT2D eigenvalue weighted by Crippen LogP contribution is -2.20. The van der Waals surface area contributed by atoms with Gasteiger partial charge in [-0.05, 0) is 24.8 Å². The number of hydrogen-bond acceptors (Lipinski definition) is 8. The summed E-state index contributed by atoms with van der Waals surface area (Å²) in [6.45, 7) is 6.70. The van der Waals surface area contributed by atoms with E-state index in [1.165, 1.54) is 0 Å². The highest BCUT2D eigenvalue weighted by molar-refractivity contribution is 5.64. The van der Waals surface area contributed by atoms with Gasteiger partial charge < -0.3 is 19.4 Å². The minimum absolute atomic E-state index is 0.118. The van der Waals surface area contributed by atoms with Crippen molar-refractivity contribution >= 4 is 16.6 Å². The molecular weight excluding hydrogens is 464 g/mol. The molecule has 4 aromatic heterocycles. The van der Waals surface area contributed by atoms with Crippen LogP contribution in [-0.2, 0) is 22.3 Å². The van der Waals surface area contributed by atoms with Gasteiger partial charge in [0.25, 0.3) is 11.1 Å². The Hall–Kier alpha value is -3.64. The normalized spacial score (nSPS) is 16.7. The number of nitrogens with one attached hydrogen (secondary N) is 2. The van der Waals surface area contributed by atoms with Gasteiger partial charge in [0, 0.05) is 32.0 Å². The lowest BCUT2D eigenvalue weighted by atomic mass is 10.00. The molecule has 4 aromatic rings. The Labute approximate surface area is 206 Å². The number of aryl methyl sites for hydroxylation is 2. The van der Waals surface area contributed by atoms with Gasteiger partial charge in [-0.3, -0.25) is 9.59 Å². The highest BCUT2D eigenvalue weighted by Gasteiger charge is 2.22. The van der Waals surface area contributed by atoms with Gasteiger partial charge in [0.05, 0.1) is 25.6 Å². The summed E-state index contributed by atoms with van der Waals surface area (Å²) in [5.41, 5.74) is 1.82. The van der Waals surface area contributed by atoms with E-state index >= 15 is 0 Å². The molecule has 2 N–H and O–H groups in total. The Morgan fingerprint density at radius 3 is 2.17 bits per heavy atom. The van der Waals surface area contributed by atoms with Gasteiger partial charge in [-0.25, -0.2) is 19.0 Å². The molecule has 0 spiro atoms. The molecule has 0 unspecified atom stereocenters. The van der Waals surface area contributed by atoms with E-state index in [0.29, 0.717) is 54.7 Å². The zero-order valence-electron chi connectivity index (χ0n) is 20.5. The molecule has 0 atom stereocenters. The molecule has 0 saturated carbocycles. The second-order valence-electron chi connectivity index (χ2n) is 8.74. The largest absolute Gasteiger partial charge is 0.381 e. The number of ether oxygens (including phenoxy) is 2. The number of imidazole rings is 2. The number of fused-ring (bicyclic) bond motifs is 2. The summed E-state index contributed by atoms with van der Waals surface area (Å²) in [5, 5.41) is 8.85. The van der Waals surface area contributed by atoms with Crippen LogP contribution in [0.5, 0.6) is 0 Å². The van der Waals surface area contributed by atoms with Crippen LogP contribution < -0.4 is 11.1 Å². The van der Waals surface area contributed by atoms with Crippen LogP contribution in [0, 0.1) is 0 Å². The Balaban J connectivity index is 0.000000148. The number of H-pyrrole nitrogens is 2. The molecule has 2 aliphatic rings. The molecule has 0 aromatic carbocycles. The highest BCUT2D eigenvalue weighted by Crippen LogP contribution is 2.25. The third kappa shape index (κ3) is 4.73. The maximum absolute atomic E-state index is 11.9. The number of hydrogen-bond donors (Lipinski definition) is 2. The summed E-state index contributed by atoms with van der Waals surface area (Å²) < 4.78 is 14.0. The van der Waals surface area contributed by atoms with Gasteiger partial charge in [0.15, 0.2) is 16.9 Å². The summed E-state index contributed by atoms with van der Waals surface area (Å²) >= 11 is 0. The third-order valence-corrected chi connectivity index (χ3v) is 6.43. The number of rotatable bonds is 4. The molecule has 0 amide bonds. The van der Waals surface area contributed by atoms with Crippen molar-refractivity contribution in [2.75, 3.05) is 26.4 Å². The lowest BCUT2D eigenvalue weighted by molar-refractivity contribution is 0.0832. The molecule has 0 aliphatic carbocycles. The van der Waals surface area contributed by atoms with Crippen LogP contribution in [0.3, 0.4) is 0 Å². The lowest BCUT2D eigenvalue weighted by Gasteiger charge is -2.20. The SMILES string of the molecule is CCc1nn2c(C3=CCOCC3)ncc2c(=O)[nH]1.CCc1nn2c(C3CCOCC3)ncc2c(=O)[nH]1.